The zero-order chi connectivity index (χ0) is 16.2. The topological polar surface area (TPSA) is 60.5 Å². The molecular formula is C17H18N2O3S. The van der Waals surface area contributed by atoms with Gasteiger partial charge in [-0.15, -0.1) is 11.3 Å². The standard InChI is InChI=1S/C17H18N2O3S/c1-3-9-22-13-8-7-11(10-14(13)21-2)16(20)19-17-18-12-5-4-6-15(12)23-17/h3,7-8,10H,1,4-6,9H2,2H3,(H,18,19,20). The number of hydrogen-bond acceptors (Lipinski definition) is 5. The number of anilines is 1. The van der Waals surface area contributed by atoms with E-state index >= 15 is 0 Å². The van der Waals surface area contributed by atoms with Gasteiger partial charge >= 0.3 is 0 Å². The lowest BCUT2D eigenvalue weighted by Crippen LogP contribution is -2.12. The lowest BCUT2D eigenvalue weighted by Gasteiger charge is -2.10. The van der Waals surface area contributed by atoms with Gasteiger partial charge in [-0.2, -0.15) is 0 Å². The highest BCUT2D eigenvalue weighted by atomic mass is 32.1. The van der Waals surface area contributed by atoms with E-state index in [1.807, 2.05) is 0 Å². The van der Waals surface area contributed by atoms with Gasteiger partial charge in [-0.25, -0.2) is 4.98 Å². The summed E-state index contributed by atoms with van der Waals surface area (Å²) < 4.78 is 10.8. The summed E-state index contributed by atoms with van der Waals surface area (Å²) in [4.78, 5) is 18.1. The quantitative estimate of drug-likeness (QED) is 0.824. The molecule has 0 saturated carbocycles. The van der Waals surface area contributed by atoms with Crippen molar-refractivity contribution >= 4 is 22.4 Å². The average Bonchev–Trinajstić information content (AvgIpc) is 3.14. The molecule has 1 amide bonds. The minimum Gasteiger partial charge on any atom is -0.493 e. The number of rotatable bonds is 6. The van der Waals surface area contributed by atoms with E-state index in [2.05, 4.69) is 16.9 Å². The van der Waals surface area contributed by atoms with Crippen LogP contribution in [0.3, 0.4) is 0 Å². The van der Waals surface area contributed by atoms with Crippen LogP contribution < -0.4 is 14.8 Å². The molecule has 1 heterocycles. The number of hydrogen-bond donors (Lipinski definition) is 1. The van der Waals surface area contributed by atoms with Crippen molar-refractivity contribution in [1.82, 2.24) is 4.98 Å². The summed E-state index contributed by atoms with van der Waals surface area (Å²) >= 11 is 1.56. The van der Waals surface area contributed by atoms with Crippen LogP contribution in [0.25, 0.3) is 0 Å². The second kappa shape index (κ2) is 6.83. The Morgan fingerprint density at radius 3 is 3.04 bits per heavy atom. The number of aryl methyl sites for hydroxylation is 2. The molecule has 5 nitrogen and oxygen atoms in total. The monoisotopic (exact) mass is 330 g/mol. The Morgan fingerprint density at radius 1 is 1.43 bits per heavy atom. The molecule has 0 bridgehead atoms. The van der Waals surface area contributed by atoms with Crippen molar-refractivity contribution < 1.29 is 14.3 Å². The van der Waals surface area contributed by atoms with Gasteiger partial charge < -0.3 is 9.47 Å². The summed E-state index contributed by atoms with van der Waals surface area (Å²) in [5, 5.41) is 3.52. The van der Waals surface area contributed by atoms with E-state index in [0.717, 1.165) is 25.0 Å². The molecule has 1 N–H and O–H groups in total. The Bertz CT molecular complexity index is 718. The Hall–Kier alpha value is -2.34. The summed E-state index contributed by atoms with van der Waals surface area (Å²) in [6.45, 7) is 3.99. The first kappa shape index (κ1) is 15.6. The maximum absolute atomic E-state index is 12.4. The molecule has 0 unspecified atom stereocenters. The summed E-state index contributed by atoms with van der Waals surface area (Å²) in [6.07, 6.45) is 4.88. The third kappa shape index (κ3) is 3.37. The molecule has 120 valence electrons. The van der Waals surface area contributed by atoms with Crippen molar-refractivity contribution in [3.8, 4) is 11.5 Å². The molecule has 0 atom stereocenters. The fourth-order valence-corrected chi connectivity index (χ4v) is 3.53. The van der Waals surface area contributed by atoms with Gasteiger partial charge in [-0.05, 0) is 37.5 Å². The number of carbonyl (C=O) groups excluding carboxylic acids is 1. The zero-order valence-electron chi connectivity index (χ0n) is 12.9. The predicted molar refractivity (Wildman–Crippen MR) is 90.8 cm³/mol. The van der Waals surface area contributed by atoms with Gasteiger partial charge in [0, 0.05) is 10.4 Å². The summed E-state index contributed by atoms with van der Waals surface area (Å²) in [6, 6.07) is 5.09. The largest absolute Gasteiger partial charge is 0.493 e. The molecule has 23 heavy (non-hydrogen) atoms. The van der Waals surface area contributed by atoms with Crippen LogP contribution in [0.2, 0.25) is 0 Å². The molecule has 1 aromatic heterocycles. The van der Waals surface area contributed by atoms with Crippen molar-refractivity contribution in [2.24, 2.45) is 0 Å². The number of nitrogens with zero attached hydrogens (tertiary/aromatic N) is 1. The van der Waals surface area contributed by atoms with E-state index in [0.29, 0.717) is 28.8 Å². The summed E-state index contributed by atoms with van der Waals surface area (Å²) in [5.41, 5.74) is 1.62. The van der Waals surface area contributed by atoms with Crippen LogP contribution in [0.1, 0.15) is 27.3 Å². The van der Waals surface area contributed by atoms with Crippen molar-refractivity contribution in [1.29, 1.82) is 0 Å². The lowest BCUT2D eigenvalue weighted by atomic mass is 10.2. The van der Waals surface area contributed by atoms with Gasteiger partial charge in [-0.3, -0.25) is 10.1 Å². The summed E-state index contributed by atoms with van der Waals surface area (Å²) in [7, 11) is 1.54. The number of amides is 1. The third-order valence-electron chi connectivity index (χ3n) is 3.60. The number of nitrogens with one attached hydrogen (secondary N) is 1. The van der Waals surface area contributed by atoms with Crippen LogP contribution in [0.4, 0.5) is 5.13 Å². The molecule has 1 aromatic carbocycles. The first-order chi connectivity index (χ1) is 11.2. The van der Waals surface area contributed by atoms with Crippen LogP contribution in [0.15, 0.2) is 30.9 Å². The summed E-state index contributed by atoms with van der Waals surface area (Å²) in [5.74, 6) is 0.893. The first-order valence-electron chi connectivity index (χ1n) is 7.43. The molecule has 0 radical (unpaired) electrons. The number of aromatic nitrogens is 1. The van der Waals surface area contributed by atoms with E-state index in [4.69, 9.17) is 9.47 Å². The average molecular weight is 330 g/mol. The molecule has 1 aliphatic carbocycles. The van der Waals surface area contributed by atoms with Gasteiger partial charge in [-0.1, -0.05) is 12.7 Å². The third-order valence-corrected chi connectivity index (χ3v) is 4.67. The molecular weight excluding hydrogens is 312 g/mol. The van der Waals surface area contributed by atoms with Gasteiger partial charge in [0.15, 0.2) is 16.6 Å². The van der Waals surface area contributed by atoms with Crippen LogP contribution in [-0.4, -0.2) is 24.6 Å². The predicted octanol–water partition coefficient (Wildman–Crippen LogP) is 3.46. The fourth-order valence-electron chi connectivity index (χ4n) is 2.49. The number of carbonyl (C=O) groups is 1. The number of methoxy groups -OCH3 is 1. The highest BCUT2D eigenvalue weighted by Crippen LogP contribution is 2.31. The second-order valence-electron chi connectivity index (χ2n) is 5.16. The Kier molecular flexibility index (Phi) is 4.62. The SMILES string of the molecule is C=CCOc1ccc(C(=O)Nc2nc3c(s2)CCC3)cc1OC. The number of benzene rings is 1. The molecule has 3 rings (SSSR count). The van der Waals surface area contributed by atoms with Gasteiger partial charge in [0.05, 0.1) is 12.8 Å². The van der Waals surface area contributed by atoms with Crippen molar-refractivity contribution in [2.45, 2.75) is 19.3 Å². The Balaban J connectivity index is 1.74. The molecule has 0 saturated heterocycles. The van der Waals surface area contributed by atoms with E-state index in [1.54, 1.807) is 42.7 Å². The maximum Gasteiger partial charge on any atom is 0.257 e. The van der Waals surface area contributed by atoms with Crippen LogP contribution in [-0.2, 0) is 12.8 Å². The lowest BCUT2D eigenvalue weighted by molar-refractivity contribution is 0.102. The fraction of sp³-hybridized carbons (Fsp3) is 0.294. The smallest absolute Gasteiger partial charge is 0.257 e. The number of ether oxygens (including phenoxy) is 2. The van der Waals surface area contributed by atoms with Gasteiger partial charge in [0.25, 0.3) is 5.91 Å². The van der Waals surface area contributed by atoms with Crippen molar-refractivity contribution in [3.63, 3.8) is 0 Å². The minimum atomic E-state index is -0.203. The second-order valence-corrected chi connectivity index (χ2v) is 6.25. The van der Waals surface area contributed by atoms with Crippen LogP contribution in [0.5, 0.6) is 11.5 Å². The van der Waals surface area contributed by atoms with E-state index in [1.165, 1.54) is 4.88 Å². The molecule has 6 heteroatoms. The van der Waals surface area contributed by atoms with Crippen LogP contribution >= 0.6 is 11.3 Å². The Morgan fingerprint density at radius 2 is 2.30 bits per heavy atom. The van der Waals surface area contributed by atoms with Crippen molar-refractivity contribution in [3.05, 3.63) is 47.0 Å². The molecule has 1 aliphatic rings. The molecule has 0 aliphatic heterocycles. The zero-order valence-corrected chi connectivity index (χ0v) is 13.7. The van der Waals surface area contributed by atoms with Crippen molar-refractivity contribution in [2.75, 3.05) is 19.0 Å². The Labute approximate surface area is 139 Å². The molecule has 2 aromatic rings. The number of fused-ring (bicyclic) bond motifs is 1. The minimum absolute atomic E-state index is 0.203. The number of thiazole rings is 1. The molecule has 0 spiro atoms. The van der Waals surface area contributed by atoms with Gasteiger partial charge in [0.1, 0.15) is 6.61 Å². The highest BCUT2D eigenvalue weighted by Gasteiger charge is 2.18. The first-order valence-corrected chi connectivity index (χ1v) is 8.24. The molecule has 0 fully saturated rings. The van der Waals surface area contributed by atoms with E-state index in [-0.39, 0.29) is 5.91 Å². The maximum atomic E-state index is 12.4. The normalized spacial score (nSPS) is 12.6. The van der Waals surface area contributed by atoms with Gasteiger partial charge in [0.2, 0.25) is 0 Å². The highest BCUT2D eigenvalue weighted by molar-refractivity contribution is 7.15. The van der Waals surface area contributed by atoms with E-state index < -0.39 is 0 Å². The van der Waals surface area contributed by atoms with Crippen LogP contribution in [0, 0.1) is 0 Å². The van der Waals surface area contributed by atoms with E-state index in [9.17, 15) is 4.79 Å².